The summed E-state index contributed by atoms with van der Waals surface area (Å²) in [4.78, 5) is 27.0. The molecule has 194 valence electrons. The Hall–Kier alpha value is -3.69. The molecule has 0 aliphatic carbocycles. The molecule has 1 aliphatic rings. The van der Waals surface area contributed by atoms with Crippen molar-refractivity contribution in [3.63, 3.8) is 0 Å². The number of para-hydroxylation sites is 2. The molecule has 38 heavy (non-hydrogen) atoms. The largest absolute Gasteiger partial charge is 0.493 e. The number of benzene rings is 3. The lowest BCUT2D eigenvalue weighted by atomic mass is 10.1. The lowest BCUT2D eigenvalue weighted by Gasteiger charge is -2.15. The highest BCUT2D eigenvalue weighted by Crippen LogP contribution is 2.38. The summed E-state index contributed by atoms with van der Waals surface area (Å²) in [5.74, 6) is 1.73. The Morgan fingerprint density at radius 3 is 2.42 bits per heavy atom. The number of ether oxygens (including phenoxy) is 4. The highest BCUT2D eigenvalue weighted by atomic mass is 127. The molecule has 3 aromatic rings. The first-order valence-electron chi connectivity index (χ1n) is 11.4. The average Bonchev–Trinajstić information content (AvgIpc) is 3.19. The van der Waals surface area contributed by atoms with Crippen LogP contribution in [0.25, 0.3) is 6.08 Å². The molecule has 1 heterocycles. The Labute approximate surface area is 238 Å². The Bertz CT molecular complexity index is 1440. The van der Waals surface area contributed by atoms with Crippen LogP contribution in [0, 0.1) is 14.9 Å². The second-order valence-electron chi connectivity index (χ2n) is 7.92. The van der Waals surface area contributed by atoms with Crippen LogP contribution in [0.2, 0.25) is 0 Å². The zero-order valence-corrected chi connectivity index (χ0v) is 23.6. The molecule has 1 saturated heterocycles. The van der Waals surface area contributed by atoms with E-state index in [-0.39, 0.29) is 30.9 Å². The molecule has 10 heteroatoms. The van der Waals surface area contributed by atoms with Crippen molar-refractivity contribution in [3.8, 4) is 29.1 Å². The Morgan fingerprint density at radius 1 is 0.974 bits per heavy atom. The predicted octanol–water partition coefficient (Wildman–Crippen LogP) is 5.87. The van der Waals surface area contributed by atoms with E-state index in [0.29, 0.717) is 39.0 Å². The summed E-state index contributed by atoms with van der Waals surface area (Å²) in [6.45, 7) is 0.446. The number of methoxy groups -OCH3 is 2. The molecule has 4 rings (SSSR count). The third-order valence-corrected chi connectivity index (χ3v) is 7.28. The maximum absolute atomic E-state index is 13.0. The third-order valence-electron chi connectivity index (χ3n) is 5.57. The Balaban J connectivity index is 1.45. The monoisotopic (exact) mass is 642 g/mol. The molecule has 0 aromatic heterocycles. The summed E-state index contributed by atoms with van der Waals surface area (Å²) < 4.78 is 23.3. The summed E-state index contributed by atoms with van der Waals surface area (Å²) in [7, 11) is 3.08. The van der Waals surface area contributed by atoms with Gasteiger partial charge in [0.05, 0.1) is 40.9 Å². The molecule has 2 amide bonds. The molecule has 0 bridgehead atoms. The van der Waals surface area contributed by atoms with Gasteiger partial charge < -0.3 is 18.9 Å². The van der Waals surface area contributed by atoms with Gasteiger partial charge in [0.2, 0.25) is 0 Å². The van der Waals surface area contributed by atoms with Crippen LogP contribution in [-0.4, -0.2) is 43.4 Å². The van der Waals surface area contributed by atoms with E-state index in [9.17, 15) is 14.9 Å². The molecule has 1 aliphatic heterocycles. The first-order chi connectivity index (χ1) is 18.4. The number of hydrogen-bond acceptors (Lipinski definition) is 8. The number of nitriles is 1. The fourth-order valence-corrected chi connectivity index (χ4v) is 5.34. The summed E-state index contributed by atoms with van der Waals surface area (Å²) >= 11 is 3.01. The highest BCUT2D eigenvalue weighted by Gasteiger charge is 2.35. The number of thioether (sulfide) groups is 1. The zero-order chi connectivity index (χ0) is 27.1. The standard InChI is InChI=1S/C28H23IN2O6S/c1-34-22-9-5-6-10-23(22)36-12-11-31-27(32)25(38-28(31)33)15-18-13-21(29)26(24(14-18)35-2)37-17-20-8-4-3-7-19(20)16-30/h3-10,13-15H,11-12,17H2,1-2H3/b25-15-. The molecule has 0 saturated carbocycles. The maximum atomic E-state index is 13.0. The molecule has 1 fully saturated rings. The highest BCUT2D eigenvalue weighted by molar-refractivity contribution is 14.1. The van der Waals surface area contributed by atoms with Crippen LogP contribution < -0.4 is 18.9 Å². The molecule has 8 nitrogen and oxygen atoms in total. The van der Waals surface area contributed by atoms with Crippen molar-refractivity contribution >= 4 is 51.6 Å². The summed E-state index contributed by atoms with van der Waals surface area (Å²) in [6.07, 6.45) is 1.66. The SMILES string of the molecule is COc1ccccc1OCCN1C(=O)S/C(=C\c2cc(I)c(OCc3ccccc3C#N)c(OC)c2)C1=O. The van der Waals surface area contributed by atoms with Gasteiger partial charge in [-0.15, -0.1) is 0 Å². The van der Waals surface area contributed by atoms with Crippen LogP contribution in [-0.2, 0) is 11.4 Å². The van der Waals surface area contributed by atoms with Crippen molar-refractivity contribution < 1.29 is 28.5 Å². The van der Waals surface area contributed by atoms with E-state index in [4.69, 9.17) is 18.9 Å². The van der Waals surface area contributed by atoms with Gasteiger partial charge in [-0.1, -0.05) is 30.3 Å². The summed E-state index contributed by atoms with van der Waals surface area (Å²) in [6, 6.07) is 20.2. The van der Waals surface area contributed by atoms with Gasteiger partial charge in [0, 0.05) is 5.56 Å². The van der Waals surface area contributed by atoms with Crippen molar-refractivity contribution in [1.29, 1.82) is 5.26 Å². The van der Waals surface area contributed by atoms with Crippen LogP contribution in [0.5, 0.6) is 23.0 Å². The molecular weight excluding hydrogens is 619 g/mol. The van der Waals surface area contributed by atoms with Crippen LogP contribution in [0.3, 0.4) is 0 Å². The van der Waals surface area contributed by atoms with Gasteiger partial charge in [-0.2, -0.15) is 5.26 Å². The lowest BCUT2D eigenvalue weighted by molar-refractivity contribution is -0.123. The fourth-order valence-electron chi connectivity index (χ4n) is 3.70. The number of amides is 2. The van der Waals surface area contributed by atoms with Crippen LogP contribution >= 0.6 is 34.4 Å². The Kier molecular flexibility index (Phi) is 9.15. The fraction of sp³-hybridized carbons (Fsp3) is 0.179. The smallest absolute Gasteiger partial charge is 0.293 e. The van der Waals surface area contributed by atoms with Gasteiger partial charge >= 0.3 is 0 Å². The van der Waals surface area contributed by atoms with Gasteiger partial charge in [-0.25, -0.2) is 0 Å². The number of halogens is 1. The van der Waals surface area contributed by atoms with Gasteiger partial charge in [0.25, 0.3) is 11.1 Å². The summed E-state index contributed by atoms with van der Waals surface area (Å²) in [5, 5.41) is 8.96. The second-order valence-corrected chi connectivity index (χ2v) is 10.1. The Morgan fingerprint density at radius 2 is 1.68 bits per heavy atom. The summed E-state index contributed by atoms with van der Waals surface area (Å²) in [5.41, 5.74) is 1.99. The van der Waals surface area contributed by atoms with E-state index in [1.165, 1.54) is 7.11 Å². The van der Waals surface area contributed by atoms with E-state index in [0.717, 1.165) is 25.8 Å². The molecule has 0 radical (unpaired) electrons. The first-order valence-corrected chi connectivity index (χ1v) is 13.3. The molecule has 0 N–H and O–H groups in total. The number of rotatable bonds is 10. The van der Waals surface area contributed by atoms with Gasteiger partial charge in [0.15, 0.2) is 23.0 Å². The van der Waals surface area contributed by atoms with Crippen LogP contribution in [0.4, 0.5) is 4.79 Å². The van der Waals surface area contributed by atoms with E-state index in [1.807, 2.05) is 30.3 Å². The van der Waals surface area contributed by atoms with Gasteiger partial charge in [0.1, 0.15) is 13.2 Å². The van der Waals surface area contributed by atoms with Crippen molar-refractivity contribution in [2.75, 3.05) is 27.4 Å². The van der Waals surface area contributed by atoms with Crippen molar-refractivity contribution in [1.82, 2.24) is 4.90 Å². The topological polar surface area (TPSA) is 98.1 Å². The van der Waals surface area contributed by atoms with Crippen molar-refractivity contribution in [2.45, 2.75) is 6.61 Å². The van der Waals surface area contributed by atoms with E-state index in [2.05, 4.69) is 28.7 Å². The number of nitrogens with zero attached hydrogens (tertiary/aromatic N) is 2. The minimum absolute atomic E-state index is 0.109. The molecule has 0 unspecified atom stereocenters. The van der Waals surface area contributed by atoms with Gasteiger partial charge in [-0.05, 0) is 76.3 Å². The second kappa shape index (κ2) is 12.7. The average molecular weight is 642 g/mol. The number of carbonyl (C=O) groups is 2. The number of hydrogen-bond donors (Lipinski definition) is 0. The molecule has 0 atom stereocenters. The quantitative estimate of drug-likeness (QED) is 0.200. The molecule has 0 spiro atoms. The van der Waals surface area contributed by atoms with Crippen molar-refractivity contribution in [2.24, 2.45) is 0 Å². The number of imide groups is 1. The minimum atomic E-state index is -0.383. The minimum Gasteiger partial charge on any atom is -0.493 e. The van der Waals surface area contributed by atoms with E-state index < -0.39 is 0 Å². The first kappa shape index (κ1) is 27.3. The molecule has 3 aromatic carbocycles. The van der Waals surface area contributed by atoms with Crippen LogP contribution in [0.15, 0.2) is 65.6 Å². The third kappa shape index (κ3) is 6.23. The van der Waals surface area contributed by atoms with E-state index in [1.54, 1.807) is 43.5 Å². The van der Waals surface area contributed by atoms with Crippen LogP contribution in [0.1, 0.15) is 16.7 Å². The van der Waals surface area contributed by atoms with E-state index >= 15 is 0 Å². The van der Waals surface area contributed by atoms with Gasteiger partial charge in [-0.3, -0.25) is 14.5 Å². The zero-order valence-electron chi connectivity index (χ0n) is 20.6. The predicted molar refractivity (Wildman–Crippen MR) is 152 cm³/mol. The maximum Gasteiger partial charge on any atom is 0.293 e. The van der Waals surface area contributed by atoms with Crippen molar-refractivity contribution in [3.05, 3.63) is 85.8 Å². The lowest BCUT2D eigenvalue weighted by Crippen LogP contribution is -2.32. The molecular formula is C28H23IN2O6S. The number of carbonyl (C=O) groups excluding carboxylic acids is 2. The normalized spacial score (nSPS) is 13.9.